The maximum Gasteiger partial charge on any atom is 0.251 e. The van der Waals surface area contributed by atoms with Gasteiger partial charge in [-0.05, 0) is 67.6 Å². The number of hydrogen-bond donors (Lipinski definition) is 1. The number of fused-ring (bicyclic) bond motifs is 1. The molecule has 4 rings (SSSR count). The molecule has 0 atom stereocenters. The molecule has 0 spiro atoms. The molecule has 3 aromatic rings. The molecule has 1 aliphatic rings. The Morgan fingerprint density at radius 1 is 1.17 bits per heavy atom. The van der Waals surface area contributed by atoms with Gasteiger partial charge < -0.3 is 15.0 Å². The molecule has 5 nitrogen and oxygen atoms in total. The van der Waals surface area contributed by atoms with Crippen LogP contribution in [0, 0.1) is 6.92 Å². The van der Waals surface area contributed by atoms with Gasteiger partial charge in [-0.25, -0.2) is 0 Å². The monoisotopic (exact) mass is 419 g/mol. The van der Waals surface area contributed by atoms with E-state index in [1.165, 1.54) is 4.90 Å². The average Bonchev–Trinajstić information content (AvgIpc) is 2.99. The van der Waals surface area contributed by atoms with E-state index in [2.05, 4.69) is 33.4 Å². The van der Waals surface area contributed by atoms with Gasteiger partial charge in [-0.2, -0.15) is 0 Å². The lowest BCUT2D eigenvalue weighted by molar-refractivity contribution is 0.0950. The number of nitrogens with zero attached hydrogens (tertiary/aromatic N) is 2. The molecule has 1 N–H and O–H groups in total. The first-order chi connectivity index (χ1) is 14.6. The molecule has 0 radical (unpaired) electrons. The molecule has 0 unspecified atom stereocenters. The highest BCUT2D eigenvalue weighted by atomic mass is 32.2. The number of anilines is 2. The van der Waals surface area contributed by atoms with Crippen LogP contribution in [0.1, 0.15) is 28.0 Å². The zero-order valence-corrected chi connectivity index (χ0v) is 18.0. The van der Waals surface area contributed by atoms with Crippen LogP contribution in [-0.2, 0) is 6.54 Å². The standard InChI is InChI=1S/C24H25N3O2S/c1-17-14-20(10-11-25-17)27-12-3-13-29-23-15-19(6-9-22(23)27)24(28)26-16-18-4-7-21(30-2)8-5-18/h4-11,14-15H,3,12-13,16H2,1-2H3,(H,26,28). The first kappa shape index (κ1) is 20.3. The summed E-state index contributed by atoms with van der Waals surface area (Å²) in [6, 6.07) is 18.0. The third kappa shape index (κ3) is 4.60. The highest BCUT2D eigenvalue weighted by Crippen LogP contribution is 2.36. The second kappa shape index (κ2) is 9.22. The fourth-order valence-corrected chi connectivity index (χ4v) is 3.92. The van der Waals surface area contributed by atoms with Crippen molar-refractivity contribution in [3.05, 3.63) is 77.6 Å². The van der Waals surface area contributed by atoms with Crippen LogP contribution in [0.3, 0.4) is 0 Å². The fraction of sp³-hybridized carbons (Fsp3) is 0.250. The molecular weight excluding hydrogens is 394 g/mol. The Hall–Kier alpha value is -2.99. The lowest BCUT2D eigenvalue weighted by atomic mass is 10.1. The number of benzene rings is 2. The van der Waals surface area contributed by atoms with E-state index in [4.69, 9.17) is 4.74 Å². The Labute approximate surface area is 181 Å². The van der Waals surface area contributed by atoms with Crippen molar-refractivity contribution in [2.45, 2.75) is 24.8 Å². The van der Waals surface area contributed by atoms with Crippen LogP contribution in [0.25, 0.3) is 0 Å². The van der Waals surface area contributed by atoms with Crippen LogP contribution in [0.15, 0.2) is 65.7 Å². The van der Waals surface area contributed by atoms with Gasteiger partial charge in [0.15, 0.2) is 0 Å². The summed E-state index contributed by atoms with van der Waals surface area (Å²) in [5.41, 5.74) is 4.71. The van der Waals surface area contributed by atoms with E-state index < -0.39 is 0 Å². The number of carbonyl (C=O) groups excluding carboxylic acids is 1. The van der Waals surface area contributed by atoms with Gasteiger partial charge in [0, 0.05) is 41.1 Å². The minimum Gasteiger partial charge on any atom is -0.491 e. The van der Waals surface area contributed by atoms with E-state index >= 15 is 0 Å². The van der Waals surface area contributed by atoms with E-state index in [-0.39, 0.29) is 5.91 Å². The number of thioether (sulfide) groups is 1. The lowest BCUT2D eigenvalue weighted by Gasteiger charge is -2.24. The second-order valence-corrected chi connectivity index (χ2v) is 8.10. The SMILES string of the molecule is CSc1ccc(CNC(=O)c2ccc3c(c2)OCCCN3c2ccnc(C)c2)cc1. The third-order valence-electron chi connectivity index (χ3n) is 5.10. The van der Waals surface area contributed by atoms with Crippen LogP contribution in [0.5, 0.6) is 5.75 Å². The summed E-state index contributed by atoms with van der Waals surface area (Å²) >= 11 is 1.70. The highest BCUT2D eigenvalue weighted by Gasteiger charge is 2.20. The van der Waals surface area contributed by atoms with Gasteiger partial charge in [0.25, 0.3) is 5.91 Å². The molecule has 1 aliphatic heterocycles. The number of pyridine rings is 1. The van der Waals surface area contributed by atoms with Crippen molar-refractivity contribution in [2.75, 3.05) is 24.3 Å². The van der Waals surface area contributed by atoms with Crippen LogP contribution in [0.2, 0.25) is 0 Å². The third-order valence-corrected chi connectivity index (χ3v) is 5.84. The topological polar surface area (TPSA) is 54.5 Å². The van der Waals surface area contributed by atoms with Crippen molar-refractivity contribution in [3.63, 3.8) is 0 Å². The number of carbonyl (C=O) groups is 1. The van der Waals surface area contributed by atoms with Crippen molar-refractivity contribution in [3.8, 4) is 5.75 Å². The molecule has 154 valence electrons. The Bertz CT molecular complexity index is 1040. The number of hydrogen-bond acceptors (Lipinski definition) is 5. The van der Waals surface area contributed by atoms with Crippen LogP contribution in [-0.4, -0.2) is 30.3 Å². The number of aryl methyl sites for hydroxylation is 1. The molecule has 0 saturated carbocycles. The van der Waals surface area contributed by atoms with E-state index in [9.17, 15) is 4.79 Å². The van der Waals surface area contributed by atoms with Gasteiger partial charge in [0.05, 0.1) is 12.3 Å². The zero-order chi connectivity index (χ0) is 20.9. The van der Waals surface area contributed by atoms with Gasteiger partial charge in [0.2, 0.25) is 0 Å². The summed E-state index contributed by atoms with van der Waals surface area (Å²) in [5, 5.41) is 3.00. The number of ether oxygens (including phenoxy) is 1. The van der Waals surface area contributed by atoms with Crippen LogP contribution < -0.4 is 15.0 Å². The highest BCUT2D eigenvalue weighted by molar-refractivity contribution is 7.98. The van der Waals surface area contributed by atoms with Crippen molar-refractivity contribution < 1.29 is 9.53 Å². The van der Waals surface area contributed by atoms with E-state index in [1.807, 2.05) is 55.8 Å². The number of amides is 1. The molecule has 0 bridgehead atoms. The van der Waals surface area contributed by atoms with Crippen molar-refractivity contribution in [1.82, 2.24) is 10.3 Å². The van der Waals surface area contributed by atoms with Crippen molar-refractivity contribution in [1.29, 1.82) is 0 Å². The first-order valence-corrected chi connectivity index (χ1v) is 11.2. The van der Waals surface area contributed by atoms with Gasteiger partial charge in [-0.15, -0.1) is 11.8 Å². The number of rotatable bonds is 5. The molecule has 1 aromatic heterocycles. The average molecular weight is 420 g/mol. The summed E-state index contributed by atoms with van der Waals surface area (Å²) in [6.45, 7) is 3.96. The summed E-state index contributed by atoms with van der Waals surface area (Å²) < 4.78 is 5.97. The number of nitrogens with one attached hydrogen (secondary N) is 1. The summed E-state index contributed by atoms with van der Waals surface area (Å²) in [5.74, 6) is 0.629. The zero-order valence-electron chi connectivity index (χ0n) is 17.2. The first-order valence-electron chi connectivity index (χ1n) is 10.0. The maximum absolute atomic E-state index is 12.7. The predicted molar refractivity (Wildman–Crippen MR) is 122 cm³/mol. The number of aromatic nitrogens is 1. The van der Waals surface area contributed by atoms with Crippen LogP contribution in [0.4, 0.5) is 11.4 Å². The largest absolute Gasteiger partial charge is 0.491 e. The molecule has 1 amide bonds. The van der Waals surface area contributed by atoms with E-state index in [0.717, 1.165) is 41.3 Å². The molecule has 2 heterocycles. The fourth-order valence-electron chi connectivity index (χ4n) is 3.51. The molecule has 0 aliphatic carbocycles. The summed E-state index contributed by atoms with van der Waals surface area (Å²) in [6.07, 6.45) is 4.78. The Kier molecular flexibility index (Phi) is 6.23. The molecule has 6 heteroatoms. The van der Waals surface area contributed by atoms with E-state index in [0.29, 0.717) is 18.7 Å². The summed E-state index contributed by atoms with van der Waals surface area (Å²) in [4.78, 5) is 20.4. The predicted octanol–water partition coefficient (Wildman–Crippen LogP) is 4.96. The summed E-state index contributed by atoms with van der Waals surface area (Å²) in [7, 11) is 0. The van der Waals surface area contributed by atoms with Crippen LogP contribution >= 0.6 is 11.8 Å². The molecule has 30 heavy (non-hydrogen) atoms. The smallest absolute Gasteiger partial charge is 0.251 e. The Morgan fingerprint density at radius 2 is 2.00 bits per heavy atom. The second-order valence-electron chi connectivity index (χ2n) is 7.22. The van der Waals surface area contributed by atoms with Gasteiger partial charge >= 0.3 is 0 Å². The minimum atomic E-state index is -0.106. The minimum absolute atomic E-state index is 0.106. The van der Waals surface area contributed by atoms with Gasteiger partial charge in [0.1, 0.15) is 5.75 Å². The molecule has 0 fully saturated rings. The maximum atomic E-state index is 12.7. The van der Waals surface area contributed by atoms with Crippen molar-refractivity contribution in [2.24, 2.45) is 0 Å². The van der Waals surface area contributed by atoms with E-state index in [1.54, 1.807) is 11.8 Å². The lowest BCUT2D eigenvalue weighted by Crippen LogP contribution is -2.23. The van der Waals surface area contributed by atoms with Crippen molar-refractivity contribution >= 4 is 29.0 Å². The Morgan fingerprint density at radius 3 is 2.77 bits per heavy atom. The van der Waals surface area contributed by atoms with Gasteiger partial charge in [-0.3, -0.25) is 9.78 Å². The van der Waals surface area contributed by atoms with Gasteiger partial charge in [-0.1, -0.05) is 12.1 Å². The Balaban J connectivity index is 1.51. The quantitative estimate of drug-likeness (QED) is 0.592. The molecule has 0 saturated heterocycles. The molecular formula is C24H25N3O2S. The normalized spacial score (nSPS) is 13.2. The molecule has 2 aromatic carbocycles.